The van der Waals surface area contributed by atoms with Gasteiger partial charge in [-0.25, -0.2) is 0 Å². The van der Waals surface area contributed by atoms with Crippen molar-refractivity contribution in [2.75, 3.05) is 19.8 Å². The van der Waals surface area contributed by atoms with E-state index in [4.69, 9.17) is 0 Å². The summed E-state index contributed by atoms with van der Waals surface area (Å²) >= 11 is 1.79. The molecule has 36 heavy (non-hydrogen) atoms. The van der Waals surface area contributed by atoms with Crippen LogP contribution in [0.4, 0.5) is 0 Å². The van der Waals surface area contributed by atoms with Crippen molar-refractivity contribution in [3.05, 3.63) is 89.0 Å². The summed E-state index contributed by atoms with van der Waals surface area (Å²) < 4.78 is 0. The Hall–Kier alpha value is -3.27. The maximum atomic E-state index is 13.8. The highest BCUT2D eigenvalue weighted by Crippen LogP contribution is 2.45. The van der Waals surface area contributed by atoms with Crippen molar-refractivity contribution < 1.29 is 19.8 Å². The molecule has 2 saturated heterocycles. The molecule has 2 fully saturated rings. The molecule has 6 rings (SSSR count). The predicted octanol–water partition coefficient (Wildman–Crippen LogP) is 2.98. The first kappa shape index (κ1) is 23.1. The average Bonchev–Trinajstić information content (AvgIpc) is 3.31. The molecule has 0 spiro atoms. The van der Waals surface area contributed by atoms with Crippen LogP contribution in [0.25, 0.3) is 0 Å². The fraction of sp³-hybridized carbons (Fsp3) is 0.333. The van der Waals surface area contributed by atoms with Gasteiger partial charge in [0.05, 0.1) is 18.8 Å². The smallest absolute Gasteiger partial charge is 0.276 e. The Morgan fingerprint density at radius 3 is 2.61 bits per heavy atom. The number of likely N-dealkylation sites (tertiary alicyclic amines) is 1. The van der Waals surface area contributed by atoms with Gasteiger partial charge in [-0.15, -0.1) is 11.8 Å². The number of thioether (sulfide) groups is 1. The van der Waals surface area contributed by atoms with Gasteiger partial charge < -0.3 is 20.0 Å². The fourth-order valence-corrected chi connectivity index (χ4v) is 6.71. The number of aliphatic hydroxyl groups excluding tert-OH is 2. The van der Waals surface area contributed by atoms with Crippen LogP contribution in [-0.2, 0) is 15.3 Å². The van der Waals surface area contributed by atoms with Crippen molar-refractivity contribution in [2.24, 2.45) is 0 Å². The minimum absolute atomic E-state index is 0.0119. The molecule has 9 heteroatoms. The number of hydrogen-bond donors (Lipinski definition) is 2. The molecule has 4 heterocycles. The SMILES string of the molecule is CC(=O)N1CC[C@@H](N2CN(C3c4ccccc4CSc4ccccc43)N3C=CC(O)C(O)=C3C2=O)C1. The van der Waals surface area contributed by atoms with E-state index in [1.54, 1.807) is 39.7 Å². The normalized spacial score (nSPS) is 26.0. The predicted molar refractivity (Wildman–Crippen MR) is 135 cm³/mol. The molecule has 0 aromatic heterocycles. The monoisotopic (exact) mass is 504 g/mol. The Morgan fingerprint density at radius 2 is 1.83 bits per heavy atom. The second-order valence-electron chi connectivity index (χ2n) is 9.56. The Balaban J connectivity index is 1.49. The van der Waals surface area contributed by atoms with Crippen LogP contribution in [0.5, 0.6) is 0 Å². The van der Waals surface area contributed by atoms with Crippen LogP contribution in [0, 0.1) is 0 Å². The maximum absolute atomic E-state index is 13.8. The highest BCUT2D eigenvalue weighted by Gasteiger charge is 2.46. The lowest BCUT2D eigenvalue weighted by Crippen LogP contribution is -2.61. The van der Waals surface area contributed by atoms with E-state index in [1.807, 2.05) is 24.3 Å². The summed E-state index contributed by atoms with van der Waals surface area (Å²) in [5.41, 5.74) is 3.53. The molecule has 186 valence electrons. The van der Waals surface area contributed by atoms with Crippen LogP contribution in [0.3, 0.4) is 0 Å². The third-order valence-electron chi connectivity index (χ3n) is 7.49. The number of fused-ring (bicyclic) bond motifs is 3. The molecular weight excluding hydrogens is 476 g/mol. The zero-order valence-corrected chi connectivity index (χ0v) is 20.8. The number of nitrogens with zero attached hydrogens (tertiary/aromatic N) is 4. The first-order valence-electron chi connectivity index (χ1n) is 12.2. The summed E-state index contributed by atoms with van der Waals surface area (Å²) in [6, 6.07) is 16.2. The molecule has 2 unspecified atom stereocenters. The third kappa shape index (κ3) is 3.70. The lowest BCUT2D eigenvalue weighted by atomic mass is 9.94. The Kier molecular flexibility index (Phi) is 5.78. The van der Waals surface area contributed by atoms with Gasteiger partial charge in [-0.05, 0) is 35.3 Å². The van der Waals surface area contributed by atoms with E-state index in [-0.39, 0.29) is 42.0 Å². The first-order valence-corrected chi connectivity index (χ1v) is 13.1. The summed E-state index contributed by atoms with van der Waals surface area (Å²) in [6.45, 7) is 2.87. The molecule has 8 nitrogen and oxygen atoms in total. The summed E-state index contributed by atoms with van der Waals surface area (Å²) in [6.07, 6.45) is 2.59. The summed E-state index contributed by atoms with van der Waals surface area (Å²) in [5.74, 6) is 0.122. The highest BCUT2D eigenvalue weighted by atomic mass is 32.2. The van der Waals surface area contributed by atoms with Crippen molar-refractivity contribution in [3.63, 3.8) is 0 Å². The summed E-state index contributed by atoms with van der Waals surface area (Å²) in [5, 5.41) is 25.1. The topological polar surface area (TPSA) is 87.6 Å². The van der Waals surface area contributed by atoms with E-state index < -0.39 is 6.10 Å². The second kappa shape index (κ2) is 8.99. The Bertz CT molecular complexity index is 1250. The fourth-order valence-electron chi connectivity index (χ4n) is 5.62. The molecule has 0 saturated carbocycles. The van der Waals surface area contributed by atoms with E-state index in [1.165, 1.54) is 16.5 Å². The van der Waals surface area contributed by atoms with Gasteiger partial charge in [0.2, 0.25) is 5.91 Å². The van der Waals surface area contributed by atoms with Gasteiger partial charge in [-0.3, -0.25) is 14.6 Å². The van der Waals surface area contributed by atoms with Crippen molar-refractivity contribution in [2.45, 2.75) is 42.2 Å². The van der Waals surface area contributed by atoms with E-state index in [0.717, 1.165) is 16.9 Å². The summed E-state index contributed by atoms with van der Waals surface area (Å²) in [7, 11) is 0. The van der Waals surface area contributed by atoms with Crippen molar-refractivity contribution >= 4 is 23.6 Å². The van der Waals surface area contributed by atoms with Gasteiger partial charge in [-0.1, -0.05) is 42.5 Å². The molecule has 2 amide bonds. The number of rotatable bonds is 2. The van der Waals surface area contributed by atoms with Gasteiger partial charge in [-0.2, -0.15) is 5.01 Å². The van der Waals surface area contributed by atoms with Crippen molar-refractivity contribution in [3.8, 4) is 0 Å². The van der Waals surface area contributed by atoms with Gasteiger partial charge >= 0.3 is 0 Å². The molecule has 2 aromatic rings. The standard InChI is InChI=1S/C27H28N4O4S/c1-17(32)28-12-10-19(14-28)29-16-31(30-13-11-22(33)26(34)25(30)27(29)35)24-20-7-3-2-6-18(20)15-36-23-9-5-4-8-21(23)24/h2-9,11,13,19,22,24,33-34H,10,12,14-16H2,1H3/t19-,22?,24?/m1/s1. The number of hydrazine groups is 1. The number of carbonyl (C=O) groups excluding carboxylic acids is 2. The van der Waals surface area contributed by atoms with E-state index in [2.05, 4.69) is 29.3 Å². The van der Waals surface area contributed by atoms with Crippen LogP contribution in [-0.4, -0.2) is 73.7 Å². The van der Waals surface area contributed by atoms with Crippen LogP contribution in [0.2, 0.25) is 0 Å². The van der Waals surface area contributed by atoms with E-state index >= 15 is 0 Å². The summed E-state index contributed by atoms with van der Waals surface area (Å²) in [4.78, 5) is 30.4. The second-order valence-corrected chi connectivity index (χ2v) is 10.6. The molecule has 4 aliphatic rings. The average molecular weight is 505 g/mol. The zero-order valence-electron chi connectivity index (χ0n) is 19.9. The number of amides is 2. The van der Waals surface area contributed by atoms with Crippen LogP contribution in [0.15, 0.2) is 77.2 Å². The lowest BCUT2D eigenvalue weighted by Gasteiger charge is -2.50. The highest BCUT2D eigenvalue weighted by molar-refractivity contribution is 7.98. The lowest BCUT2D eigenvalue weighted by molar-refractivity contribution is -0.154. The molecule has 0 bridgehead atoms. The van der Waals surface area contributed by atoms with Crippen LogP contribution in [0.1, 0.15) is 36.1 Å². The van der Waals surface area contributed by atoms with Gasteiger partial charge in [0, 0.05) is 36.9 Å². The van der Waals surface area contributed by atoms with Crippen LogP contribution >= 0.6 is 11.8 Å². The van der Waals surface area contributed by atoms with Crippen molar-refractivity contribution in [1.29, 1.82) is 0 Å². The number of carbonyl (C=O) groups is 2. The minimum Gasteiger partial charge on any atom is -0.507 e. The van der Waals surface area contributed by atoms with E-state index in [9.17, 15) is 19.8 Å². The van der Waals surface area contributed by atoms with Gasteiger partial charge in [0.25, 0.3) is 5.91 Å². The molecule has 2 N–H and O–H groups in total. The minimum atomic E-state index is -1.25. The van der Waals surface area contributed by atoms with E-state index in [0.29, 0.717) is 19.5 Å². The third-order valence-corrected chi connectivity index (χ3v) is 8.63. The number of aliphatic hydroxyl groups is 2. The Labute approximate surface area is 214 Å². The largest absolute Gasteiger partial charge is 0.507 e. The first-order chi connectivity index (χ1) is 17.4. The zero-order chi connectivity index (χ0) is 25.0. The molecule has 3 atom stereocenters. The Morgan fingerprint density at radius 1 is 1.08 bits per heavy atom. The number of benzene rings is 2. The number of hydrogen-bond acceptors (Lipinski definition) is 7. The molecular formula is C27H28N4O4S. The molecule has 2 aromatic carbocycles. The maximum Gasteiger partial charge on any atom is 0.276 e. The van der Waals surface area contributed by atoms with Gasteiger partial charge in [0.15, 0.2) is 11.5 Å². The molecule has 0 aliphatic carbocycles. The molecule has 0 radical (unpaired) electrons. The van der Waals surface area contributed by atoms with Crippen LogP contribution < -0.4 is 0 Å². The molecule has 4 aliphatic heterocycles. The van der Waals surface area contributed by atoms with Crippen molar-refractivity contribution in [1.82, 2.24) is 19.8 Å². The van der Waals surface area contributed by atoms with Gasteiger partial charge in [0.1, 0.15) is 6.10 Å². The quantitative estimate of drug-likeness (QED) is 0.650.